The molecule has 54 heavy (non-hydrogen) atoms. The minimum absolute atomic E-state index is 0.0713. The van der Waals surface area contributed by atoms with Crippen LogP contribution in [-0.2, 0) is 30.3 Å². The second kappa shape index (κ2) is 20.7. The van der Waals surface area contributed by atoms with Gasteiger partial charge in [0.2, 0.25) is 17.7 Å². The Morgan fingerprint density at radius 3 is 2.15 bits per heavy atom. The molecule has 3 aromatic carbocycles. The Bertz CT molecular complexity index is 1710. The van der Waals surface area contributed by atoms with E-state index in [4.69, 9.17) is 14.2 Å². The third-order valence-electron chi connectivity index (χ3n) is 9.90. The average Bonchev–Trinajstić information content (AvgIpc) is 3.18. The highest BCUT2D eigenvalue weighted by Gasteiger charge is 2.32. The molecule has 0 radical (unpaired) electrons. The fraction of sp³-hybridized carbons (Fsp3) is 0.452. The summed E-state index contributed by atoms with van der Waals surface area (Å²) >= 11 is 0. The summed E-state index contributed by atoms with van der Waals surface area (Å²) in [5.74, 6) is -0.607. The van der Waals surface area contributed by atoms with Crippen LogP contribution in [-0.4, -0.2) is 105 Å². The van der Waals surface area contributed by atoms with Crippen LogP contribution in [0, 0.1) is 0 Å². The molecule has 1 aliphatic rings. The van der Waals surface area contributed by atoms with Crippen LogP contribution in [0.5, 0.6) is 11.5 Å². The van der Waals surface area contributed by atoms with E-state index in [1.807, 2.05) is 59.5 Å². The van der Waals surface area contributed by atoms with Crippen molar-refractivity contribution in [2.24, 2.45) is 0 Å². The third-order valence-corrected chi connectivity index (χ3v) is 9.90. The number of hydrogen-bond acceptors (Lipinski definition) is 8. The van der Waals surface area contributed by atoms with Gasteiger partial charge in [-0.2, -0.15) is 0 Å². The van der Waals surface area contributed by atoms with E-state index in [0.29, 0.717) is 99.6 Å². The van der Waals surface area contributed by atoms with Gasteiger partial charge in [0.25, 0.3) is 5.91 Å². The minimum atomic E-state index is -0.710. The first-order chi connectivity index (χ1) is 26.1. The predicted octanol–water partition coefficient (Wildman–Crippen LogP) is 5.16. The lowest BCUT2D eigenvalue weighted by molar-refractivity contribution is -0.143. The fourth-order valence-electron chi connectivity index (χ4n) is 6.92. The summed E-state index contributed by atoms with van der Waals surface area (Å²) in [7, 11) is 4.47. The first-order valence-electron chi connectivity index (χ1n) is 18.6. The number of nitrogens with one attached hydrogen (secondary N) is 1. The number of benzene rings is 3. The van der Waals surface area contributed by atoms with Crippen LogP contribution in [0.4, 0.5) is 0 Å². The summed E-state index contributed by atoms with van der Waals surface area (Å²) in [6.07, 6.45) is 2.58. The van der Waals surface area contributed by atoms with E-state index in [-0.39, 0.29) is 30.0 Å². The van der Waals surface area contributed by atoms with Crippen molar-refractivity contribution in [3.05, 3.63) is 95.1 Å². The molecule has 1 aliphatic heterocycles. The molecule has 1 N–H and O–H groups in total. The Morgan fingerprint density at radius 2 is 1.50 bits per heavy atom. The largest absolute Gasteiger partial charge is 0.497 e. The number of amides is 4. The van der Waals surface area contributed by atoms with E-state index in [1.165, 1.54) is 21.0 Å². The van der Waals surface area contributed by atoms with Crippen LogP contribution in [0.3, 0.4) is 0 Å². The molecule has 2 atom stereocenters. The molecule has 12 heteroatoms. The van der Waals surface area contributed by atoms with Gasteiger partial charge >= 0.3 is 5.97 Å². The summed E-state index contributed by atoms with van der Waals surface area (Å²) < 4.78 is 16.3. The van der Waals surface area contributed by atoms with Crippen molar-refractivity contribution in [3.8, 4) is 11.5 Å². The highest BCUT2D eigenvalue weighted by Crippen LogP contribution is 2.36. The van der Waals surface area contributed by atoms with Gasteiger partial charge in [0.1, 0.15) is 11.5 Å². The molecule has 2 bridgehead atoms. The fourth-order valence-corrected chi connectivity index (χ4v) is 6.92. The highest BCUT2D eigenvalue weighted by molar-refractivity contribution is 5.94. The summed E-state index contributed by atoms with van der Waals surface area (Å²) in [6, 6.07) is 21.3. The zero-order chi connectivity index (χ0) is 39.0. The van der Waals surface area contributed by atoms with Gasteiger partial charge in [-0.15, -0.1) is 0 Å². The van der Waals surface area contributed by atoms with E-state index < -0.39 is 17.9 Å². The number of esters is 1. The summed E-state index contributed by atoms with van der Waals surface area (Å²) in [6.45, 7) is 5.44. The van der Waals surface area contributed by atoms with Crippen molar-refractivity contribution in [2.45, 2.75) is 64.3 Å². The second-order valence-electron chi connectivity index (χ2n) is 13.5. The first kappa shape index (κ1) is 41.4. The lowest BCUT2D eigenvalue weighted by Gasteiger charge is -2.34. The molecule has 0 aromatic heterocycles. The monoisotopic (exact) mass is 742 g/mol. The SMILES string of the molecule is COC(=O)C[C@H]1c2ccc(OC)c(c2)[C@@H](Cc2ccc(OC)cc2)C(=O)N(CCCNC(=O)c2ccccc2)CCCCN(C(C)=O)CCCN1C(C)=O. The number of fused-ring (bicyclic) bond motifs is 2. The van der Waals surface area contributed by atoms with Crippen molar-refractivity contribution >= 4 is 29.6 Å². The number of methoxy groups -OCH3 is 3. The van der Waals surface area contributed by atoms with Crippen LogP contribution in [0.2, 0.25) is 0 Å². The molecule has 0 unspecified atom stereocenters. The standard InChI is InChI=1S/C42H54N4O8/c1-30(47)44-22-9-10-23-45(24-11-21-43-41(50)33-13-7-6-8-14-33)42(51)37(27-32-15-18-35(52-3)19-16-32)36-28-34(17-20-39(36)53-4)38(29-40(49)54-5)46(31(2)48)26-12-25-44/h6-8,13-20,28,37-38H,9-12,21-27,29H2,1-5H3,(H,43,50)/t37-,38+/m1/s1. The van der Waals surface area contributed by atoms with Gasteiger partial charge in [-0.1, -0.05) is 36.4 Å². The lowest BCUT2D eigenvalue weighted by atomic mass is 9.87. The first-order valence-corrected chi connectivity index (χ1v) is 18.6. The molecule has 0 saturated carbocycles. The van der Waals surface area contributed by atoms with Crippen LogP contribution in [0.15, 0.2) is 72.8 Å². The number of rotatable bonds is 11. The molecule has 290 valence electrons. The van der Waals surface area contributed by atoms with E-state index in [1.54, 1.807) is 42.2 Å². The smallest absolute Gasteiger partial charge is 0.307 e. The van der Waals surface area contributed by atoms with Crippen molar-refractivity contribution in [1.82, 2.24) is 20.0 Å². The predicted molar refractivity (Wildman–Crippen MR) is 205 cm³/mol. The minimum Gasteiger partial charge on any atom is -0.497 e. The molecule has 0 spiro atoms. The quantitative estimate of drug-likeness (QED) is 0.210. The van der Waals surface area contributed by atoms with E-state index in [9.17, 15) is 24.0 Å². The Morgan fingerprint density at radius 1 is 0.796 bits per heavy atom. The zero-order valence-corrected chi connectivity index (χ0v) is 32.2. The second-order valence-corrected chi connectivity index (χ2v) is 13.5. The molecule has 12 nitrogen and oxygen atoms in total. The number of carbonyl (C=O) groups excluding carboxylic acids is 5. The summed E-state index contributed by atoms with van der Waals surface area (Å²) in [5, 5.41) is 2.97. The summed E-state index contributed by atoms with van der Waals surface area (Å²) in [4.78, 5) is 71.7. The average molecular weight is 743 g/mol. The molecule has 0 aliphatic carbocycles. The Labute approximate surface area is 318 Å². The zero-order valence-electron chi connectivity index (χ0n) is 32.2. The Balaban J connectivity index is 1.78. The van der Waals surface area contributed by atoms with Gasteiger partial charge in [-0.05, 0) is 79.6 Å². The van der Waals surface area contributed by atoms with Gasteiger partial charge < -0.3 is 34.2 Å². The maximum atomic E-state index is 15.0. The lowest BCUT2D eigenvalue weighted by Crippen LogP contribution is -2.40. The topological polar surface area (TPSA) is 135 Å². The van der Waals surface area contributed by atoms with E-state index >= 15 is 0 Å². The number of hydrogen-bond donors (Lipinski definition) is 1. The van der Waals surface area contributed by atoms with Crippen molar-refractivity contribution < 1.29 is 38.2 Å². The number of nitrogens with zero attached hydrogens (tertiary/aromatic N) is 3. The Hall–Kier alpha value is -5.39. The number of ether oxygens (including phenoxy) is 3. The van der Waals surface area contributed by atoms with Crippen LogP contribution in [0.1, 0.15) is 85.0 Å². The van der Waals surface area contributed by atoms with Gasteiger partial charge in [0.15, 0.2) is 0 Å². The van der Waals surface area contributed by atoms with Crippen molar-refractivity contribution in [3.63, 3.8) is 0 Å². The Kier molecular flexibility index (Phi) is 15.9. The third kappa shape index (κ3) is 11.6. The molecular weight excluding hydrogens is 688 g/mol. The molecule has 3 aromatic rings. The van der Waals surface area contributed by atoms with Gasteiger partial charge in [-0.3, -0.25) is 24.0 Å². The van der Waals surface area contributed by atoms with Gasteiger partial charge in [-0.25, -0.2) is 0 Å². The van der Waals surface area contributed by atoms with E-state index in [0.717, 1.165) is 5.56 Å². The summed E-state index contributed by atoms with van der Waals surface area (Å²) in [5.41, 5.74) is 2.75. The molecule has 4 amide bonds. The molecular formula is C42H54N4O8. The normalized spacial score (nSPS) is 17.1. The maximum Gasteiger partial charge on any atom is 0.307 e. The van der Waals surface area contributed by atoms with Crippen LogP contribution < -0.4 is 14.8 Å². The van der Waals surface area contributed by atoms with Crippen LogP contribution >= 0.6 is 0 Å². The van der Waals surface area contributed by atoms with Gasteiger partial charge in [0, 0.05) is 64.2 Å². The van der Waals surface area contributed by atoms with Crippen molar-refractivity contribution in [1.29, 1.82) is 0 Å². The number of carbonyl (C=O) groups is 5. The van der Waals surface area contributed by atoms with Gasteiger partial charge in [0.05, 0.1) is 39.7 Å². The maximum absolute atomic E-state index is 15.0. The van der Waals surface area contributed by atoms with Crippen molar-refractivity contribution in [2.75, 3.05) is 60.6 Å². The highest BCUT2D eigenvalue weighted by atomic mass is 16.5. The molecule has 4 rings (SSSR count). The molecule has 0 saturated heterocycles. The molecule has 1 heterocycles. The molecule has 0 fully saturated rings. The van der Waals surface area contributed by atoms with E-state index in [2.05, 4.69) is 5.32 Å². The van der Waals surface area contributed by atoms with Crippen LogP contribution in [0.25, 0.3) is 0 Å².